The Morgan fingerprint density at radius 2 is 1.89 bits per heavy atom. The zero-order valence-corrected chi connectivity index (χ0v) is 12.1. The van der Waals surface area contributed by atoms with Crippen LogP contribution in [0.5, 0.6) is 0 Å². The lowest BCUT2D eigenvalue weighted by Crippen LogP contribution is -2.44. The molecule has 0 fully saturated rings. The standard InChI is InChI=1S/C15H23FN2O/c1-5-9(2)14(17)15(19)18-8-12-6-10(3)13(16)11(4)7-12/h6-7,9,14H,5,8,17H2,1-4H3,(H,18,19). The quantitative estimate of drug-likeness (QED) is 0.860. The van der Waals surface area contributed by atoms with E-state index in [1.165, 1.54) is 0 Å². The molecule has 3 nitrogen and oxygen atoms in total. The lowest BCUT2D eigenvalue weighted by Gasteiger charge is -2.18. The van der Waals surface area contributed by atoms with E-state index in [4.69, 9.17) is 5.73 Å². The molecule has 2 atom stereocenters. The van der Waals surface area contributed by atoms with Crippen molar-refractivity contribution in [2.45, 2.75) is 46.7 Å². The first-order valence-corrected chi connectivity index (χ1v) is 6.65. The topological polar surface area (TPSA) is 55.1 Å². The van der Waals surface area contributed by atoms with Gasteiger partial charge in [-0.1, -0.05) is 32.4 Å². The SMILES string of the molecule is CCC(C)C(N)C(=O)NCc1cc(C)c(F)c(C)c1. The van der Waals surface area contributed by atoms with Crippen molar-refractivity contribution in [3.8, 4) is 0 Å². The summed E-state index contributed by atoms with van der Waals surface area (Å²) in [6.45, 7) is 7.78. The molecule has 1 aromatic carbocycles. The highest BCUT2D eigenvalue weighted by Gasteiger charge is 2.18. The minimum absolute atomic E-state index is 0.150. The second kappa shape index (κ2) is 6.66. The minimum Gasteiger partial charge on any atom is -0.351 e. The summed E-state index contributed by atoms with van der Waals surface area (Å²) in [5.74, 6) is -0.197. The van der Waals surface area contributed by atoms with Gasteiger partial charge in [0.2, 0.25) is 5.91 Å². The Labute approximate surface area is 114 Å². The summed E-state index contributed by atoms with van der Waals surface area (Å²) in [5, 5.41) is 2.80. The van der Waals surface area contributed by atoms with E-state index in [0.717, 1.165) is 12.0 Å². The molecular formula is C15H23FN2O. The first-order valence-electron chi connectivity index (χ1n) is 6.65. The highest BCUT2D eigenvalue weighted by Crippen LogP contribution is 2.14. The zero-order chi connectivity index (χ0) is 14.6. The summed E-state index contributed by atoms with van der Waals surface area (Å²) in [6, 6.07) is 3.00. The third kappa shape index (κ3) is 4.03. The van der Waals surface area contributed by atoms with Crippen LogP contribution in [0.25, 0.3) is 0 Å². The van der Waals surface area contributed by atoms with Gasteiger partial charge in [0.1, 0.15) is 5.82 Å². The van der Waals surface area contributed by atoms with Gasteiger partial charge < -0.3 is 11.1 Å². The van der Waals surface area contributed by atoms with Gasteiger partial charge in [0.15, 0.2) is 0 Å². The number of hydrogen-bond donors (Lipinski definition) is 2. The fourth-order valence-electron chi connectivity index (χ4n) is 1.96. The Morgan fingerprint density at radius 3 is 2.37 bits per heavy atom. The average Bonchev–Trinajstić information content (AvgIpc) is 2.40. The van der Waals surface area contributed by atoms with Gasteiger partial charge in [-0.2, -0.15) is 0 Å². The largest absolute Gasteiger partial charge is 0.351 e. The molecule has 0 saturated carbocycles. The summed E-state index contributed by atoms with van der Waals surface area (Å²) in [6.07, 6.45) is 0.864. The summed E-state index contributed by atoms with van der Waals surface area (Å²) in [5.41, 5.74) is 7.92. The van der Waals surface area contributed by atoms with Crippen LogP contribution < -0.4 is 11.1 Å². The van der Waals surface area contributed by atoms with Gasteiger partial charge in [-0.15, -0.1) is 0 Å². The molecule has 0 bridgehead atoms. The molecule has 0 spiro atoms. The molecule has 0 aromatic heterocycles. The van der Waals surface area contributed by atoms with Gasteiger partial charge >= 0.3 is 0 Å². The molecule has 0 aliphatic carbocycles. The Balaban J connectivity index is 2.65. The van der Waals surface area contributed by atoms with E-state index in [1.54, 1.807) is 26.0 Å². The number of carbonyl (C=O) groups excluding carboxylic acids is 1. The maximum Gasteiger partial charge on any atom is 0.237 e. The van der Waals surface area contributed by atoms with E-state index < -0.39 is 6.04 Å². The van der Waals surface area contributed by atoms with Crippen LogP contribution in [0.2, 0.25) is 0 Å². The number of carbonyl (C=O) groups is 1. The van der Waals surface area contributed by atoms with E-state index >= 15 is 0 Å². The first-order chi connectivity index (χ1) is 8.86. The van der Waals surface area contributed by atoms with Crippen LogP contribution in [0.4, 0.5) is 4.39 Å². The van der Waals surface area contributed by atoms with E-state index in [2.05, 4.69) is 5.32 Å². The summed E-state index contributed by atoms with van der Waals surface area (Å²) in [4.78, 5) is 11.8. The Bertz CT molecular complexity index is 436. The molecule has 106 valence electrons. The average molecular weight is 266 g/mol. The van der Waals surface area contributed by atoms with Crippen molar-refractivity contribution in [1.29, 1.82) is 0 Å². The molecular weight excluding hydrogens is 243 g/mol. The van der Waals surface area contributed by atoms with Crippen molar-refractivity contribution in [2.75, 3.05) is 0 Å². The van der Waals surface area contributed by atoms with Gasteiger partial charge in [0.25, 0.3) is 0 Å². The second-order valence-electron chi connectivity index (χ2n) is 5.17. The highest BCUT2D eigenvalue weighted by molar-refractivity contribution is 5.81. The van der Waals surface area contributed by atoms with E-state index in [-0.39, 0.29) is 17.6 Å². The van der Waals surface area contributed by atoms with Gasteiger partial charge in [-0.05, 0) is 36.5 Å². The van der Waals surface area contributed by atoms with Crippen LogP contribution in [0.3, 0.4) is 0 Å². The minimum atomic E-state index is -0.493. The molecule has 0 aliphatic rings. The number of halogens is 1. The molecule has 1 aromatic rings. The fourth-order valence-corrected chi connectivity index (χ4v) is 1.96. The third-order valence-electron chi connectivity index (χ3n) is 3.52. The number of nitrogens with two attached hydrogens (primary N) is 1. The van der Waals surface area contributed by atoms with Crippen molar-refractivity contribution in [1.82, 2.24) is 5.32 Å². The number of benzene rings is 1. The summed E-state index contributed by atoms with van der Waals surface area (Å²) in [7, 11) is 0. The van der Waals surface area contributed by atoms with Gasteiger partial charge in [0.05, 0.1) is 6.04 Å². The third-order valence-corrected chi connectivity index (χ3v) is 3.52. The Kier molecular flexibility index (Phi) is 5.48. The molecule has 2 unspecified atom stereocenters. The van der Waals surface area contributed by atoms with Crippen LogP contribution in [0.1, 0.15) is 37.0 Å². The Morgan fingerprint density at radius 1 is 1.37 bits per heavy atom. The number of hydrogen-bond acceptors (Lipinski definition) is 2. The fraction of sp³-hybridized carbons (Fsp3) is 0.533. The Hall–Kier alpha value is -1.42. The molecule has 0 aliphatic heterocycles. The van der Waals surface area contributed by atoms with Crippen molar-refractivity contribution >= 4 is 5.91 Å². The second-order valence-corrected chi connectivity index (χ2v) is 5.17. The zero-order valence-electron chi connectivity index (χ0n) is 12.1. The lowest BCUT2D eigenvalue weighted by atomic mass is 9.99. The maximum atomic E-state index is 13.5. The molecule has 4 heteroatoms. The number of aryl methyl sites for hydroxylation is 2. The molecule has 1 amide bonds. The molecule has 3 N–H and O–H groups in total. The van der Waals surface area contributed by atoms with E-state index in [0.29, 0.717) is 17.7 Å². The molecule has 1 rings (SSSR count). The van der Waals surface area contributed by atoms with Gasteiger partial charge in [-0.3, -0.25) is 4.79 Å². The molecule has 0 radical (unpaired) electrons. The van der Waals surface area contributed by atoms with Crippen LogP contribution in [0, 0.1) is 25.6 Å². The van der Waals surface area contributed by atoms with Gasteiger partial charge in [0, 0.05) is 6.54 Å². The van der Waals surface area contributed by atoms with E-state index in [1.807, 2.05) is 13.8 Å². The monoisotopic (exact) mass is 266 g/mol. The van der Waals surface area contributed by atoms with Crippen molar-refractivity contribution in [3.63, 3.8) is 0 Å². The molecule has 0 saturated heterocycles. The predicted octanol–water partition coefficient (Wildman–Crippen LogP) is 2.43. The first kappa shape index (κ1) is 15.6. The lowest BCUT2D eigenvalue weighted by molar-refractivity contribution is -0.123. The molecule has 0 heterocycles. The summed E-state index contributed by atoms with van der Waals surface area (Å²) >= 11 is 0. The summed E-state index contributed by atoms with van der Waals surface area (Å²) < 4.78 is 13.5. The van der Waals surface area contributed by atoms with Crippen LogP contribution in [-0.2, 0) is 11.3 Å². The highest BCUT2D eigenvalue weighted by atomic mass is 19.1. The number of rotatable bonds is 5. The predicted molar refractivity (Wildman–Crippen MR) is 75.2 cm³/mol. The number of nitrogens with one attached hydrogen (secondary N) is 1. The van der Waals surface area contributed by atoms with Crippen LogP contribution in [0.15, 0.2) is 12.1 Å². The van der Waals surface area contributed by atoms with Crippen LogP contribution >= 0.6 is 0 Å². The van der Waals surface area contributed by atoms with Crippen molar-refractivity contribution in [2.24, 2.45) is 11.7 Å². The van der Waals surface area contributed by atoms with Crippen molar-refractivity contribution in [3.05, 3.63) is 34.6 Å². The normalized spacial score (nSPS) is 14.0. The van der Waals surface area contributed by atoms with E-state index in [9.17, 15) is 9.18 Å². The number of amides is 1. The van der Waals surface area contributed by atoms with Gasteiger partial charge in [-0.25, -0.2) is 4.39 Å². The smallest absolute Gasteiger partial charge is 0.237 e. The van der Waals surface area contributed by atoms with Crippen molar-refractivity contribution < 1.29 is 9.18 Å². The maximum absolute atomic E-state index is 13.5. The van der Waals surface area contributed by atoms with Crippen LogP contribution in [-0.4, -0.2) is 11.9 Å². The molecule has 19 heavy (non-hydrogen) atoms.